The largest absolute Gasteiger partial charge is 0.497 e. The molecule has 2 aliphatic rings. The highest BCUT2D eigenvalue weighted by Gasteiger charge is 2.47. The normalized spacial score (nSPS) is 16.9. The van der Waals surface area contributed by atoms with Crippen molar-refractivity contribution < 1.29 is 23.1 Å². The molecule has 0 bridgehead atoms. The molecule has 2 amide bonds. The summed E-state index contributed by atoms with van der Waals surface area (Å²) in [5.74, 6) is 3.79. The lowest BCUT2D eigenvalue weighted by Gasteiger charge is -2.53. The lowest BCUT2D eigenvalue weighted by Crippen LogP contribution is -2.62. The minimum Gasteiger partial charge on any atom is -0.497 e. The van der Waals surface area contributed by atoms with Crippen molar-refractivity contribution in [3.05, 3.63) is 65.2 Å². The van der Waals surface area contributed by atoms with E-state index in [0.29, 0.717) is 37.5 Å². The van der Waals surface area contributed by atoms with Crippen molar-refractivity contribution in [1.29, 1.82) is 0 Å². The Kier molecular flexibility index (Phi) is 5.64. The van der Waals surface area contributed by atoms with E-state index >= 15 is 0 Å². The van der Waals surface area contributed by atoms with Crippen molar-refractivity contribution in [2.75, 3.05) is 33.3 Å². The molecule has 7 heteroatoms. The number of ether oxygens (including phenoxy) is 1. The van der Waals surface area contributed by atoms with Crippen molar-refractivity contribution in [3.63, 3.8) is 0 Å². The highest BCUT2D eigenvalue weighted by atomic mass is 19.1. The molecule has 2 aromatic carbocycles. The van der Waals surface area contributed by atoms with Crippen LogP contribution in [-0.2, 0) is 4.79 Å². The van der Waals surface area contributed by atoms with Crippen LogP contribution in [0.1, 0.15) is 28.8 Å². The maximum Gasteiger partial charge on any atom is 0.298 e. The second-order valence-electron chi connectivity index (χ2n) is 8.06. The number of amides is 2. The van der Waals surface area contributed by atoms with E-state index in [1.165, 1.54) is 6.07 Å². The maximum absolute atomic E-state index is 13.6. The zero-order valence-electron chi connectivity index (χ0n) is 17.2. The third kappa shape index (κ3) is 4.38. The number of benzene rings is 2. The molecule has 2 saturated heterocycles. The summed E-state index contributed by atoms with van der Waals surface area (Å²) in [6.07, 6.45) is 1.64. The molecule has 0 aromatic heterocycles. The molecule has 4 rings (SSSR count). The number of hydrogen-bond donors (Lipinski definition) is 0. The molecule has 2 aliphatic heterocycles. The van der Waals surface area contributed by atoms with Gasteiger partial charge in [0, 0.05) is 49.1 Å². The first-order valence-electron chi connectivity index (χ1n) is 10.1. The number of methoxy groups -OCH3 is 1. The standard InChI is InChI=1S/C24H22F2N2O3/c1-31-20-7-3-18(4-8-20)23(30)27-12-10-24(11-13-27)15-28(16-24)22(29)9-5-17-2-6-19(25)14-21(17)26/h2-4,6-8,14H,10-13,15-16H2,1H3. The molecule has 0 N–H and O–H groups in total. The second kappa shape index (κ2) is 8.38. The van der Waals surface area contributed by atoms with E-state index in [9.17, 15) is 18.4 Å². The highest BCUT2D eigenvalue weighted by Crippen LogP contribution is 2.40. The van der Waals surface area contributed by atoms with Crippen molar-refractivity contribution in [2.45, 2.75) is 12.8 Å². The summed E-state index contributed by atoms with van der Waals surface area (Å²) in [5, 5.41) is 0. The Bertz CT molecular complexity index is 1060. The quantitative estimate of drug-likeness (QED) is 0.697. The fraction of sp³-hybridized carbons (Fsp3) is 0.333. The number of likely N-dealkylation sites (tertiary alicyclic amines) is 2. The second-order valence-corrected chi connectivity index (χ2v) is 8.06. The van der Waals surface area contributed by atoms with Crippen LogP contribution in [0.2, 0.25) is 0 Å². The minimum atomic E-state index is -0.783. The van der Waals surface area contributed by atoms with Gasteiger partial charge in [0.1, 0.15) is 17.4 Å². The number of piperidine rings is 1. The van der Waals surface area contributed by atoms with Crippen molar-refractivity contribution in [2.24, 2.45) is 5.41 Å². The van der Waals surface area contributed by atoms with E-state index in [0.717, 1.165) is 25.0 Å². The van der Waals surface area contributed by atoms with Gasteiger partial charge in [-0.1, -0.05) is 5.92 Å². The predicted molar refractivity (Wildman–Crippen MR) is 110 cm³/mol. The Balaban J connectivity index is 1.30. The highest BCUT2D eigenvalue weighted by molar-refractivity contribution is 5.95. The number of halogens is 2. The first-order valence-corrected chi connectivity index (χ1v) is 10.1. The fourth-order valence-corrected chi connectivity index (χ4v) is 4.11. The first-order chi connectivity index (χ1) is 14.9. The minimum absolute atomic E-state index is 0.00282. The lowest BCUT2D eigenvalue weighted by molar-refractivity contribution is -0.139. The fourth-order valence-electron chi connectivity index (χ4n) is 4.11. The third-order valence-electron chi connectivity index (χ3n) is 6.02. The summed E-state index contributed by atoms with van der Waals surface area (Å²) in [5.41, 5.74) is 0.635. The monoisotopic (exact) mass is 424 g/mol. The summed E-state index contributed by atoms with van der Waals surface area (Å²) in [7, 11) is 1.58. The van der Waals surface area contributed by atoms with Crippen molar-refractivity contribution in [3.8, 4) is 17.6 Å². The van der Waals surface area contributed by atoms with Gasteiger partial charge in [0.15, 0.2) is 0 Å². The number of nitrogens with zero attached hydrogens (tertiary/aromatic N) is 2. The summed E-state index contributed by atoms with van der Waals surface area (Å²) in [4.78, 5) is 28.5. The summed E-state index contributed by atoms with van der Waals surface area (Å²) >= 11 is 0. The third-order valence-corrected chi connectivity index (χ3v) is 6.02. The van der Waals surface area contributed by atoms with Crippen LogP contribution in [0.15, 0.2) is 42.5 Å². The van der Waals surface area contributed by atoms with Gasteiger partial charge in [0.2, 0.25) is 0 Å². The number of rotatable bonds is 2. The number of carbonyl (C=O) groups excluding carboxylic acids is 2. The van der Waals surface area contributed by atoms with Gasteiger partial charge in [-0.3, -0.25) is 9.59 Å². The lowest BCUT2D eigenvalue weighted by atomic mass is 9.72. The summed E-state index contributed by atoms with van der Waals surface area (Å²) < 4.78 is 31.7. The van der Waals surface area contributed by atoms with Crippen LogP contribution in [-0.4, -0.2) is 54.9 Å². The van der Waals surface area contributed by atoms with Crippen molar-refractivity contribution >= 4 is 11.8 Å². The molecular weight excluding hydrogens is 402 g/mol. The molecule has 0 aliphatic carbocycles. The molecule has 2 fully saturated rings. The van der Waals surface area contributed by atoms with Crippen LogP contribution >= 0.6 is 0 Å². The molecule has 160 valence electrons. The molecular formula is C24H22F2N2O3. The van der Waals surface area contributed by atoms with E-state index in [1.54, 1.807) is 36.3 Å². The molecule has 5 nitrogen and oxygen atoms in total. The van der Waals surface area contributed by atoms with E-state index in [1.807, 2.05) is 4.90 Å². The number of carbonyl (C=O) groups is 2. The van der Waals surface area contributed by atoms with Gasteiger partial charge in [0.25, 0.3) is 11.8 Å². The predicted octanol–water partition coefficient (Wildman–Crippen LogP) is 3.09. The van der Waals surface area contributed by atoms with Crippen LogP contribution in [0.4, 0.5) is 8.78 Å². The Labute approximate surface area is 179 Å². The van der Waals surface area contributed by atoms with Gasteiger partial charge >= 0.3 is 0 Å². The molecule has 2 heterocycles. The molecule has 0 saturated carbocycles. The van der Waals surface area contributed by atoms with Gasteiger partial charge in [-0.2, -0.15) is 0 Å². The Morgan fingerprint density at radius 3 is 2.29 bits per heavy atom. The zero-order valence-corrected chi connectivity index (χ0v) is 17.2. The molecule has 0 radical (unpaired) electrons. The van der Waals surface area contributed by atoms with E-state index < -0.39 is 11.6 Å². The van der Waals surface area contributed by atoms with Crippen LogP contribution in [0.3, 0.4) is 0 Å². The van der Waals surface area contributed by atoms with Crippen LogP contribution in [0.5, 0.6) is 5.75 Å². The Morgan fingerprint density at radius 1 is 1.00 bits per heavy atom. The number of hydrogen-bond acceptors (Lipinski definition) is 3. The van der Waals surface area contributed by atoms with Gasteiger partial charge in [-0.15, -0.1) is 0 Å². The summed E-state index contributed by atoms with van der Waals surface area (Å²) in [6, 6.07) is 10.1. The summed E-state index contributed by atoms with van der Waals surface area (Å²) in [6.45, 7) is 2.44. The smallest absolute Gasteiger partial charge is 0.298 e. The molecule has 0 unspecified atom stereocenters. The van der Waals surface area contributed by atoms with Crippen LogP contribution in [0, 0.1) is 28.9 Å². The first kappa shape index (κ1) is 20.9. The van der Waals surface area contributed by atoms with E-state index in [4.69, 9.17) is 4.74 Å². The Hall–Kier alpha value is -3.40. The topological polar surface area (TPSA) is 49.9 Å². The van der Waals surface area contributed by atoms with Crippen molar-refractivity contribution in [1.82, 2.24) is 9.80 Å². The van der Waals surface area contributed by atoms with Gasteiger partial charge in [-0.25, -0.2) is 8.78 Å². The van der Waals surface area contributed by atoms with Gasteiger partial charge < -0.3 is 14.5 Å². The van der Waals surface area contributed by atoms with Crippen LogP contribution < -0.4 is 4.74 Å². The van der Waals surface area contributed by atoms with Gasteiger partial charge in [0.05, 0.1) is 12.7 Å². The molecule has 31 heavy (non-hydrogen) atoms. The molecule has 2 aromatic rings. The van der Waals surface area contributed by atoms with E-state index in [-0.39, 0.29) is 22.8 Å². The maximum atomic E-state index is 13.6. The molecule has 1 spiro atoms. The SMILES string of the molecule is COc1ccc(C(=O)N2CCC3(CC2)CN(C(=O)C#Cc2ccc(F)cc2F)C3)cc1. The average molecular weight is 424 g/mol. The zero-order chi connectivity index (χ0) is 22.0. The van der Waals surface area contributed by atoms with Gasteiger partial charge in [-0.05, 0) is 49.2 Å². The Morgan fingerprint density at radius 2 is 1.68 bits per heavy atom. The molecule has 0 atom stereocenters. The van der Waals surface area contributed by atoms with Crippen LogP contribution in [0.25, 0.3) is 0 Å². The average Bonchev–Trinajstić information content (AvgIpc) is 2.76. The van der Waals surface area contributed by atoms with E-state index in [2.05, 4.69) is 11.8 Å².